The number of aryl methyl sites for hydroxylation is 2. The zero-order valence-electron chi connectivity index (χ0n) is 22.8. The fourth-order valence-electron chi connectivity index (χ4n) is 5.83. The molecule has 0 spiro atoms. The fraction of sp³-hybridized carbons (Fsp3) is 0.448. The van der Waals surface area contributed by atoms with Gasteiger partial charge in [0.15, 0.2) is 5.82 Å². The predicted molar refractivity (Wildman–Crippen MR) is 149 cm³/mol. The lowest BCUT2D eigenvalue weighted by Gasteiger charge is -2.40. The number of aromatic nitrogens is 5. The zero-order chi connectivity index (χ0) is 26.9. The van der Waals surface area contributed by atoms with E-state index < -0.39 is 6.04 Å². The van der Waals surface area contributed by atoms with Crippen LogP contribution in [-0.2, 0) is 11.3 Å². The minimum Gasteiger partial charge on any atom is -0.497 e. The summed E-state index contributed by atoms with van der Waals surface area (Å²) in [5.41, 5.74) is 5.04. The van der Waals surface area contributed by atoms with Gasteiger partial charge in [0.2, 0.25) is 0 Å². The van der Waals surface area contributed by atoms with Crippen LogP contribution in [0.15, 0.2) is 47.3 Å². The molecule has 2 aromatic heterocycles. The number of anilines is 1. The second-order valence-electron chi connectivity index (χ2n) is 10.6. The summed E-state index contributed by atoms with van der Waals surface area (Å²) in [6.07, 6.45) is 2.10. The van der Waals surface area contributed by atoms with Crippen molar-refractivity contribution >= 4 is 16.6 Å². The lowest BCUT2D eigenvalue weighted by Crippen LogP contribution is -2.49. The summed E-state index contributed by atoms with van der Waals surface area (Å²) in [4.78, 5) is 21.4. The van der Waals surface area contributed by atoms with E-state index in [-0.39, 0.29) is 11.7 Å². The van der Waals surface area contributed by atoms with Crippen LogP contribution in [0.1, 0.15) is 41.4 Å². The number of fused-ring (bicyclic) bond motifs is 1. The topological polar surface area (TPSA) is 101 Å². The van der Waals surface area contributed by atoms with E-state index in [9.17, 15) is 4.79 Å². The smallest absolute Gasteiger partial charge is 0.253 e. The normalized spacial score (nSPS) is 19.1. The number of hydrogen-bond acceptors (Lipinski definition) is 8. The maximum atomic E-state index is 13.6. The van der Waals surface area contributed by atoms with Crippen molar-refractivity contribution in [2.75, 3.05) is 44.8 Å². The molecule has 2 saturated heterocycles. The lowest BCUT2D eigenvalue weighted by molar-refractivity contribution is 0.0906. The van der Waals surface area contributed by atoms with Crippen LogP contribution >= 0.6 is 0 Å². The van der Waals surface area contributed by atoms with E-state index in [0.717, 1.165) is 62.3 Å². The van der Waals surface area contributed by atoms with Gasteiger partial charge in [0.05, 0.1) is 19.8 Å². The monoisotopic (exact) mass is 529 g/mol. The third-order valence-corrected chi connectivity index (χ3v) is 7.96. The molecule has 0 bridgehead atoms. The van der Waals surface area contributed by atoms with E-state index in [4.69, 9.17) is 9.47 Å². The third kappa shape index (κ3) is 5.14. The molecule has 2 unspecified atom stereocenters. The second kappa shape index (κ2) is 10.8. The van der Waals surface area contributed by atoms with Gasteiger partial charge in [0.1, 0.15) is 11.8 Å². The van der Waals surface area contributed by atoms with Crippen LogP contribution in [0, 0.1) is 13.8 Å². The van der Waals surface area contributed by atoms with Gasteiger partial charge in [-0.3, -0.25) is 9.69 Å². The van der Waals surface area contributed by atoms with Crippen molar-refractivity contribution < 1.29 is 9.47 Å². The first-order chi connectivity index (χ1) is 19.0. The number of aromatic amines is 1. The molecule has 0 aliphatic carbocycles. The number of methoxy groups -OCH3 is 1. The van der Waals surface area contributed by atoms with E-state index in [1.54, 1.807) is 7.11 Å². The Morgan fingerprint density at radius 3 is 2.72 bits per heavy atom. The molecule has 204 valence electrons. The van der Waals surface area contributed by atoms with Crippen molar-refractivity contribution in [2.24, 2.45) is 0 Å². The lowest BCUT2D eigenvalue weighted by atomic mass is 10.0. The number of ether oxygens (including phenoxy) is 2. The van der Waals surface area contributed by atoms with Gasteiger partial charge in [-0.2, -0.15) is 0 Å². The maximum Gasteiger partial charge on any atom is 0.253 e. The van der Waals surface area contributed by atoms with Crippen LogP contribution in [0.4, 0.5) is 5.69 Å². The molecule has 2 aromatic carbocycles. The highest BCUT2D eigenvalue weighted by molar-refractivity contribution is 5.80. The minimum atomic E-state index is -0.401. The largest absolute Gasteiger partial charge is 0.497 e. The highest BCUT2D eigenvalue weighted by atomic mass is 16.5. The van der Waals surface area contributed by atoms with Crippen molar-refractivity contribution in [2.45, 2.75) is 45.4 Å². The van der Waals surface area contributed by atoms with Gasteiger partial charge in [0, 0.05) is 54.9 Å². The molecule has 4 aromatic rings. The summed E-state index contributed by atoms with van der Waals surface area (Å²) in [6.45, 7) is 8.83. The molecule has 39 heavy (non-hydrogen) atoms. The number of rotatable bonds is 7. The van der Waals surface area contributed by atoms with Gasteiger partial charge in [-0.15, -0.1) is 5.10 Å². The number of H-pyrrole nitrogens is 1. The van der Waals surface area contributed by atoms with Crippen molar-refractivity contribution in [1.82, 2.24) is 30.1 Å². The Bertz CT molecular complexity index is 1520. The van der Waals surface area contributed by atoms with Crippen molar-refractivity contribution in [1.29, 1.82) is 0 Å². The molecule has 2 aliphatic heterocycles. The first kappa shape index (κ1) is 25.5. The van der Waals surface area contributed by atoms with Crippen molar-refractivity contribution in [3.8, 4) is 5.75 Å². The average molecular weight is 530 g/mol. The van der Waals surface area contributed by atoms with Gasteiger partial charge in [-0.25, -0.2) is 4.68 Å². The molecule has 10 nitrogen and oxygen atoms in total. The van der Waals surface area contributed by atoms with Crippen LogP contribution < -0.4 is 15.2 Å². The van der Waals surface area contributed by atoms with E-state index in [1.807, 2.05) is 28.9 Å². The Labute approximate surface area is 227 Å². The molecule has 0 amide bonds. The second-order valence-corrected chi connectivity index (χ2v) is 10.6. The van der Waals surface area contributed by atoms with Gasteiger partial charge >= 0.3 is 0 Å². The fourth-order valence-corrected chi connectivity index (χ4v) is 5.83. The Morgan fingerprint density at radius 1 is 1.10 bits per heavy atom. The first-order valence-electron chi connectivity index (χ1n) is 13.6. The molecule has 1 N–H and O–H groups in total. The minimum absolute atomic E-state index is 0.0770. The van der Waals surface area contributed by atoms with Crippen LogP contribution in [0.5, 0.6) is 5.75 Å². The molecule has 4 heterocycles. The SMILES string of the molecule is COc1ccc2[nH]c(=O)c(C(c3nnnn3CC3CCCO3)N3CCN(c4cc(C)ccc4C)CC3)cc2c1. The first-order valence-corrected chi connectivity index (χ1v) is 13.6. The summed E-state index contributed by atoms with van der Waals surface area (Å²) in [5.74, 6) is 1.40. The van der Waals surface area contributed by atoms with Gasteiger partial charge in [0.25, 0.3) is 5.56 Å². The van der Waals surface area contributed by atoms with Gasteiger partial charge in [-0.05, 0) is 78.6 Å². The van der Waals surface area contributed by atoms with Crippen molar-refractivity contribution in [3.05, 3.63) is 75.3 Å². The summed E-state index contributed by atoms with van der Waals surface area (Å²) in [5, 5.41) is 13.8. The Balaban J connectivity index is 1.37. The number of tetrazole rings is 1. The predicted octanol–water partition coefficient (Wildman–Crippen LogP) is 3.23. The van der Waals surface area contributed by atoms with E-state index in [2.05, 4.69) is 62.4 Å². The standard InChI is InChI=1S/C29H35N7O3/c1-19-6-7-20(2)26(15-19)34-10-12-35(13-11-34)27(28-31-32-33-36(28)18-23-5-4-14-39-23)24-17-21-16-22(38-3)8-9-25(21)30-29(24)37/h6-9,15-17,23,27H,4-5,10-14,18H2,1-3H3,(H,30,37). The van der Waals surface area contributed by atoms with Crippen LogP contribution in [0.2, 0.25) is 0 Å². The van der Waals surface area contributed by atoms with Crippen molar-refractivity contribution in [3.63, 3.8) is 0 Å². The van der Waals surface area contributed by atoms with E-state index in [1.165, 1.54) is 16.8 Å². The number of hydrogen-bond donors (Lipinski definition) is 1. The molecule has 2 aliphatic rings. The Hall–Kier alpha value is -3.76. The number of nitrogens with one attached hydrogen (secondary N) is 1. The molecule has 0 saturated carbocycles. The van der Waals surface area contributed by atoms with Crippen LogP contribution in [0.3, 0.4) is 0 Å². The van der Waals surface area contributed by atoms with Crippen LogP contribution in [0.25, 0.3) is 10.9 Å². The maximum absolute atomic E-state index is 13.6. The van der Waals surface area contributed by atoms with Crippen LogP contribution in [-0.4, -0.2) is 76.1 Å². The average Bonchev–Trinajstić information content (AvgIpc) is 3.63. The number of piperazine rings is 1. The zero-order valence-corrected chi connectivity index (χ0v) is 22.8. The summed E-state index contributed by atoms with van der Waals surface area (Å²) in [7, 11) is 1.64. The molecule has 2 fully saturated rings. The number of pyridine rings is 1. The highest BCUT2D eigenvalue weighted by Gasteiger charge is 2.34. The molecular weight excluding hydrogens is 494 g/mol. The summed E-state index contributed by atoms with van der Waals surface area (Å²) >= 11 is 0. The summed E-state index contributed by atoms with van der Waals surface area (Å²) < 4.78 is 13.2. The van der Waals surface area contributed by atoms with E-state index in [0.29, 0.717) is 17.9 Å². The quantitative estimate of drug-likeness (QED) is 0.390. The number of benzene rings is 2. The third-order valence-electron chi connectivity index (χ3n) is 7.96. The molecule has 6 rings (SSSR count). The Morgan fingerprint density at radius 2 is 1.95 bits per heavy atom. The Kier molecular flexibility index (Phi) is 7.05. The molecule has 2 atom stereocenters. The number of nitrogens with zero attached hydrogens (tertiary/aromatic N) is 6. The van der Waals surface area contributed by atoms with Gasteiger partial charge in [-0.1, -0.05) is 12.1 Å². The van der Waals surface area contributed by atoms with E-state index >= 15 is 0 Å². The molecule has 10 heteroatoms. The van der Waals surface area contributed by atoms with Gasteiger partial charge < -0.3 is 19.4 Å². The highest BCUT2D eigenvalue weighted by Crippen LogP contribution is 2.31. The molecule has 0 radical (unpaired) electrons. The molecular formula is C29H35N7O3. The summed E-state index contributed by atoms with van der Waals surface area (Å²) in [6, 6.07) is 13.8.